The molecule has 2 aliphatic rings. The predicted octanol–water partition coefficient (Wildman–Crippen LogP) is 3.60. The van der Waals surface area contributed by atoms with Crippen LogP contribution in [0.1, 0.15) is 52.9 Å². The van der Waals surface area contributed by atoms with E-state index in [-0.39, 0.29) is 5.60 Å². The Morgan fingerprint density at radius 1 is 1.12 bits per heavy atom. The van der Waals surface area contributed by atoms with Crippen molar-refractivity contribution in [3.05, 3.63) is 6.42 Å². The highest BCUT2D eigenvalue weighted by molar-refractivity contribution is 4.94. The van der Waals surface area contributed by atoms with Gasteiger partial charge in [0.2, 0.25) is 0 Å². The van der Waals surface area contributed by atoms with Crippen LogP contribution in [0.15, 0.2) is 0 Å². The summed E-state index contributed by atoms with van der Waals surface area (Å²) in [6, 6.07) is 0. The van der Waals surface area contributed by atoms with Crippen LogP contribution in [0.5, 0.6) is 0 Å². The molecule has 0 aromatic rings. The Labute approximate surface area is 106 Å². The summed E-state index contributed by atoms with van der Waals surface area (Å²) in [5, 5.41) is 0. The predicted molar refractivity (Wildman–Crippen MR) is 69.8 cm³/mol. The molecular formula is C15H27O2. The molecule has 0 aromatic heterocycles. The Morgan fingerprint density at radius 3 is 2.76 bits per heavy atom. The molecule has 0 saturated carbocycles. The van der Waals surface area contributed by atoms with Crippen molar-refractivity contribution in [2.45, 2.75) is 64.6 Å². The van der Waals surface area contributed by atoms with Gasteiger partial charge in [0.15, 0.2) is 0 Å². The number of hydrogen-bond donors (Lipinski definition) is 0. The van der Waals surface area contributed by atoms with Crippen molar-refractivity contribution < 1.29 is 9.47 Å². The Kier molecular flexibility index (Phi) is 4.48. The number of hydrogen-bond acceptors (Lipinski definition) is 2. The molecule has 99 valence electrons. The summed E-state index contributed by atoms with van der Waals surface area (Å²) in [5.74, 6) is 1.10. The summed E-state index contributed by atoms with van der Waals surface area (Å²) in [6.07, 6.45) is 8.89. The van der Waals surface area contributed by atoms with E-state index >= 15 is 0 Å². The maximum absolute atomic E-state index is 6.13. The highest BCUT2D eigenvalue weighted by atomic mass is 16.5. The van der Waals surface area contributed by atoms with Gasteiger partial charge in [-0.25, -0.2) is 0 Å². The van der Waals surface area contributed by atoms with Gasteiger partial charge in [0.25, 0.3) is 0 Å². The standard InChI is InChI=1S/C15H27O2/c1-12-8-4-6-10-16-14(12)13-9-5-7-11-17-15(13,2)3/h8,12-14H,4-7,9-11H2,1-3H3. The van der Waals surface area contributed by atoms with E-state index in [0.717, 1.165) is 13.2 Å². The zero-order valence-electron chi connectivity index (χ0n) is 11.6. The molecule has 0 aromatic carbocycles. The highest BCUT2D eigenvalue weighted by Gasteiger charge is 2.40. The van der Waals surface area contributed by atoms with Crippen molar-refractivity contribution in [2.75, 3.05) is 13.2 Å². The van der Waals surface area contributed by atoms with E-state index in [2.05, 4.69) is 27.2 Å². The Morgan fingerprint density at radius 2 is 1.94 bits per heavy atom. The fourth-order valence-corrected chi connectivity index (χ4v) is 3.27. The van der Waals surface area contributed by atoms with Crippen LogP contribution in [0.25, 0.3) is 0 Å². The molecule has 1 radical (unpaired) electrons. The van der Waals surface area contributed by atoms with Gasteiger partial charge in [-0.2, -0.15) is 0 Å². The fourth-order valence-electron chi connectivity index (χ4n) is 3.27. The molecule has 2 heteroatoms. The lowest BCUT2D eigenvalue weighted by Crippen LogP contribution is -2.44. The summed E-state index contributed by atoms with van der Waals surface area (Å²) in [6.45, 7) is 8.61. The van der Waals surface area contributed by atoms with Gasteiger partial charge >= 0.3 is 0 Å². The van der Waals surface area contributed by atoms with Crippen LogP contribution in [0.2, 0.25) is 0 Å². The van der Waals surface area contributed by atoms with Crippen molar-refractivity contribution in [3.63, 3.8) is 0 Å². The quantitative estimate of drug-likeness (QED) is 0.696. The second kappa shape index (κ2) is 5.71. The molecule has 2 fully saturated rings. The van der Waals surface area contributed by atoms with E-state index in [0.29, 0.717) is 17.9 Å². The third-order valence-electron chi connectivity index (χ3n) is 4.39. The molecule has 2 aliphatic heterocycles. The molecule has 0 bridgehead atoms. The number of ether oxygens (including phenoxy) is 2. The fraction of sp³-hybridized carbons (Fsp3) is 0.933. The van der Waals surface area contributed by atoms with Crippen LogP contribution in [-0.4, -0.2) is 24.9 Å². The Bertz CT molecular complexity index is 237. The van der Waals surface area contributed by atoms with Gasteiger partial charge in [-0.1, -0.05) is 13.3 Å². The Balaban J connectivity index is 2.10. The monoisotopic (exact) mass is 239 g/mol. The summed E-state index contributed by atoms with van der Waals surface area (Å²) in [5.41, 5.74) is -0.0341. The normalized spacial score (nSPS) is 39.4. The topological polar surface area (TPSA) is 18.5 Å². The lowest BCUT2D eigenvalue weighted by molar-refractivity contribution is -0.114. The van der Waals surface area contributed by atoms with Crippen molar-refractivity contribution in [1.82, 2.24) is 0 Å². The molecule has 2 saturated heterocycles. The third-order valence-corrected chi connectivity index (χ3v) is 4.39. The average Bonchev–Trinajstić information content (AvgIpc) is 2.57. The zero-order chi connectivity index (χ0) is 12.3. The van der Waals surface area contributed by atoms with Gasteiger partial charge in [-0.3, -0.25) is 0 Å². The summed E-state index contributed by atoms with van der Waals surface area (Å²) < 4.78 is 12.2. The van der Waals surface area contributed by atoms with Crippen LogP contribution in [-0.2, 0) is 9.47 Å². The highest BCUT2D eigenvalue weighted by Crippen LogP contribution is 2.38. The molecule has 0 N–H and O–H groups in total. The zero-order valence-corrected chi connectivity index (χ0v) is 11.6. The van der Waals surface area contributed by atoms with E-state index in [1.807, 2.05) is 0 Å². The molecule has 0 aliphatic carbocycles. The van der Waals surface area contributed by atoms with Crippen molar-refractivity contribution >= 4 is 0 Å². The minimum Gasteiger partial charge on any atom is -0.378 e. The minimum absolute atomic E-state index is 0.0341. The second-order valence-corrected chi connectivity index (χ2v) is 6.13. The lowest BCUT2D eigenvalue weighted by Gasteiger charge is -2.39. The van der Waals surface area contributed by atoms with Crippen molar-refractivity contribution in [1.29, 1.82) is 0 Å². The van der Waals surface area contributed by atoms with Crippen molar-refractivity contribution in [2.24, 2.45) is 11.8 Å². The van der Waals surface area contributed by atoms with Crippen LogP contribution in [0.3, 0.4) is 0 Å². The average molecular weight is 239 g/mol. The van der Waals surface area contributed by atoms with Crippen molar-refractivity contribution in [3.8, 4) is 0 Å². The van der Waals surface area contributed by atoms with E-state index in [4.69, 9.17) is 9.47 Å². The molecule has 17 heavy (non-hydrogen) atoms. The molecular weight excluding hydrogens is 212 g/mol. The lowest BCUT2D eigenvalue weighted by atomic mass is 9.77. The molecule has 3 atom stereocenters. The van der Waals surface area contributed by atoms with Crippen LogP contribution < -0.4 is 0 Å². The maximum Gasteiger partial charge on any atom is 0.0679 e. The molecule has 3 unspecified atom stereocenters. The first-order chi connectivity index (χ1) is 8.11. The Hall–Kier alpha value is -0.0800. The van der Waals surface area contributed by atoms with Gasteiger partial charge in [0.1, 0.15) is 0 Å². The first kappa shape index (κ1) is 13.4. The van der Waals surface area contributed by atoms with Gasteiger partial charge in [-0.15, -0.1) is 0 Å². The molecule has 2 rings (SSSR count). The first-order valence-electron chi connectivity index (χ1n) is 7.20. The second-order valence-electron chi connectivity index (χ2n) is 6.13. The largest absolute Gasteiger partial charge is 0.378 e. The summed E-state index contributed by atoms with van der Waals surface area (Å²) >= 11 is 0. The van der Waals surface area contributed by atoms with Gasteiger partial charge in [-0.05, 0) is 51.9 Å². The first-order valence-corrected chi connectivity index (χ1v) is 7.20. The smallest absolute Gasteiger partial charge is 0.0679 e. The maximum atomic E-state index is 6.13. The molecule has 2 heterocycles. The van der Waals surface area contributed by atoms with Gasteiger partial charge in [0, 0.05) is 19.1 Å². The van der Waals surface area contributed by atoms with Crippen LogP contribution in [0, 0.1) is 18.3 Å². The van der Waals surface area contributed by atoms with Crippen LogP contribution >= 0.6 is 0 Å². The summed E-state index contributed by atoms with van der Waals surface area (Å²) in [4.78, 5) is 0. The third kappa shape index (κ3) is 3.23. The van der Waals surface area contributed by atoms with Crippen LogP contribution in [0.4, 0.5) is 0 Å². The van der Waals surface area contributed by atoms with E-state index < -0.39 is 0 Å². The molecule has 2 nitrogen and oxygen atoms in total. The minimum atomic E-state index is -0.0341. The molecule has 0 amide bonds. The molecule has 0 spiro atoms. The van der Waals surface area contributed by atoms with E-state index in [9.17, 15) is 0 Å². The SMILES string of the molecule is CC1[CH]CCCOC1C1CCCCOC1(C)C. The van der Waals surface area contributed by atoms with E-state index in [1.54, 1.807) is 0 Å². The van der Waals surface area contributed by atoms with Gasteiger partial charge < -0.3 is 9.47 Å². The summed E-state index contributed by atoms with van der Waals surface area (Å²) in [7, 11) is 0. The number of rotatable bonds is 1. The van der Waals surface area contributed by atoms with E-state index in [1.165, 1.54) is 32.1 Å². The van der Waals surface area contributed by atoms with Gasteiger partial charge in [0.05, 0.1) is 11.7 Å².